The van der Waals surface area contributed by atoms with Gasteiger partial charge in [-0.2, -0.15) is 0 Å². The predicted octanol–water partition coefficient (Wildman–Crippen LogP) is 3.50. The summed E-state index contributed by atoms with van der Waals surface area (Å²) in [6.45, 7) is 4.42. The molecule has 0 aromatic heterocycles. The first-order valence-corrected chi connectivity index (χ1v) is 16.3. The Hall–Kier alpha value is -2.98. The number of rotatable bonds is 8. The fourth-order valence-electron chi connectivity index (χ4n) is 7.08. The predicted molar refractivity (Wildman–Crippen MR) is 159 cm³/mol. The largest absolute Gasteiger partial charge is 0.395 e. The highest BCUT2D eigenvalue weighted by atomic mass is 32.2. The van der Waals surface area contributed by atoms with Crippen LogP contribution in [0.2, 0.25) is 0 Å². The first-order chi connectivity index (χ1) is 19.2. The Bertz CT molecular complexity index is 1440. The second kappa shape index (κ2) is 9.55. The first kappa shape index (κ1) is 26.0. The average Bonchev–Trinajstić information content (AvgIpc) is 3.78. The van der Waals surface area contributed by atoms with Crippen LogP contribution in [-0.2, 0) is 16.4 Å². The van der Waals surface area contributed by atoms with Gasteiger partial charge in [0.1, 0.15) is 0 Å². The molecule has 9 nitrogen and oxygen atoms in total. The SMILES string of the molecule is CN1CCc2cc(C(=O)Nc3ccc(NS(=O)(=O)CCO)cc3N3CCC4(CC3)CC4)cc(N3CC4CC4C3)c21. The number of aliphatic hydroxyl groups excluding tert-OH is 1. The van der Waals surface area contributed by atoms with E-state index >= 15 is 0 Å². The summed E-state index contributed by atoms with van der Waals surface area (Å²) in [5, 5.41) is 12.3. The molecule has 3 N–H and O–H groups in total. The number of hydrogen-bond donors (Lipinski definition) is 3. The molecule has 0 bridgehead atoms. The minimum Gasteiger partial charge on any atom is -0.395 e. The number of anilines is 5. The van der Waals surface area contributed by atoms with Crippen LogP contribution >= 0.6 is 0 Å². The maximum atomic E-state index is 13.8. The minimum absolute atomic E-state index is 0.145. The van der Waals surface area contributed by atoms with E-state index in [0.717, 1.165) is 69.5 Å². The number of amides is 1. The highest BCUT2D eigenvalue weighted by Crippen LogP contribution is 2.54. The summed E-state index contributed by atoms with van der Waals surface area (Å²) in [4.78, 5) is 20.8. The second-order valence-corrected chi connectivity index (χ2v) is 14.5. The van der Waals surface area contributed by atoms with Crippen LogP contribution in [0.3, 0.4) is 0 Å². The zero-order valence-corrected chi connectivity index (χ0v) is 24.0. The van der Waals surface area contributed by atoms with Gasteiger partial charge >= 0.3 is 0 Å². The lowest BCUT2D eigenvalue weighted by Crippen LogP contribution is -2.35. The number of piperidine rings is 2. The number of nitrogens with one attached hydrogen (secondary N) is 2. The van der Waals surface area contributed by atoms with Crippen LogP contribution in [-0.4, -0.2) is 71.6 Å². The molecule has 5 aliphatic rings. The topological polar surface area (TPSA) is 105 Å². The fraction of sp³-hybridized carbons (Fsp3) is 0.567. The summed E-state index contributed by atoms with van der Waals surface area (Å²) in [7, 11) is -1.52. The molecule has 3 heterocycles. The summed E-state index contributed by atoms with van der Waals surface area (Å²) in [5.74, 6) is 1.10. The van der Waals surface area contributed by atoms with Crippen LogP contribution in [0.4, 0.5) is 28.4 Å². The summed E-state index contributed by atoms with van der Waals surface area (Å²) < 4.78 is 27.3. The molecule has 214 valence electrons. The molecule has 40 heavy (non-hydrogen) atoms. The molecule has 2 atom stereocenters. The Labute approximate surface area is 236 Å². The van der Waals surface area contributed by atoms with Gasteiger partial charge in [0.15, 0.2) is 0 Å². The van der Waals surface area contributed by atoms with Crippen molar-refractivity contribution in [3.05, 3.63) is 41.5 Å². The van der Waals surface area contributed by atoms with Crippen LogP contribution in [0.5, 0.6) is 0 Å². The minimum atomic E-state index is -3.66. The highest BCUT2D eigenvalue weighted by molar-refractivity contribution is 7.92. The molecule has 2 aromatic carbocycles. The summed E-state index contributed by atoms with van der Waals surface area (Å²) in [6, 6.07) is 9.40. The van der Waals surface area contributed by atoms with Crippen molar-refractivity contribution in [1.82, 2.24) is 0 Å². The molecule has 7 rings (SSSR count). The zero-order valence-electron chi connectivity index (χ0n) is 23.2. The van der Waals surface area contributed by atoms with Gasteiger partial charge in [0.05, 0.1) is 40.8 Å². The number of benzene rings is 2. The maximum absolute atomic E-state index is 13.8. The number of sulfonamides is 1. The van der Waals surface area contributed by atoms with Crippen molar-refractivity contribution in [2.24, 2.45) is 17.3 Å². The lowest BCUT2D eigenvalue weighted by molar-refractivity contribution is 0.102. The second-order valence-electron chi connectivity index (χ2n) is 12.7. The Morgan fingerprint density at radius 1 is 1.00 bits per heavy atom. The standard InChI is InChI=1S/C30H39N5O4S/c1-33-9-4-20-14-21(16-27(28(20)33)35-18-22-15-23(22)19-35)29(37)31-25-3-2-24(32-40(38,39)13-12-36)17-26(25)34-10-7-30(5-6-30)8-11-34/h2-3,14,16-17,22-23,32,36H,4-13,15,18-19H2,1H3,(H,31,37). The Morgan fingerprint density at radius 3 is 2.45 bits per heavy atom. The van der Waals surface area contributed by atoms with E-state index in [1.165, 1.54) is 36.2 Å². The monoisotopic (exact) mass is 565 g/mol. The van der Waals surface area contributed by atoms with E-state index in [0.29, 0.717) is 22.4 Å². The normalized spacial score (nSPS) is 24.2. The van der Waals surface area contributed by atoms with Crippen LogP contribution in [0, 0.1) is 17.3 Å². The summed E-state index contributed by atoms with van der Waals surface area (Å²) in [6.07, 6.45) is 7.08. The van der Waals surface area contributed by atoms with Gasteiger partial charge in [-0.1, -0.05) is 0 Å². The van der Waals surface area contributed by atoms with Crippen molar-refractivity contribution < 1.29 is 18.3 Å². The van der Waals surface area contributed by atoms with E-state index in [2.05, 4.69) is 37.9 Å². The zero-order chi connectivity index (χ0) is 27.6. The third-order valence-electron chi connectivity index (χ3n) is 9.85. The summed E-state index contributed by atoms with van der Waals surface area (Å²) in [5.41, 5.74) is 6.77. The van der Waals surface area contributed by atoms with E-state index < -0.39 is 16.6 Å². The van der Waals surface area contributed by atoms with Crippen molar-refractivity contribution in [3.8, 4) is 0 Å². The van der Waals surface area contributed by atoms with Crippen molar-refractivity contribution in [3.63, 3.8) is 0 Å². The molecular weight excluding hydrogens is 526 g/mol. The van der Waals surface area contributed by atoms with Crippen LogP contribution in [0.15, 0.2) is 30.3 Å². The third-order valence-corrected chi connectivity index (χ3v) is 11.1. The molecule has 2 saturated carbocycles. The number of fused-ring (bicyclic) bond motifs is 2. The molecule has 4 fully saturated rings. The molecule has 2 aromatic rings. The van der Waals surface area contributed by atoms with E-state index in [4.69, 9.17) is 5.11 Å². The molecule has 2 unspecified atom stereocenters. The van der Waals surface area contributed by atoms with Gasteiger partial charge in [0.2, 0.25) is 10.0 Å². The lowest BCUT2D eigenvalue weighted by Gasteiger charge is -2.35. The highest BCUT2D eigenvalue weighted by Gasteiger charge is 2.46. The molecule has 1 spiro atoms. The molecule has 10 heteroatoms. The number of aliphatic hydroxyl groups is 1. The molecule has 3 aliphatic heterocycles. The van der Waals surface area contributed by atoms with Gasteiger partial charge in [-0.15, -0.1) is 0 Å². The van der Waals surface area contributed by atoms with E-state index in [9.17, 15) is 13.2 Å². The fourth-order valence-corrected chi connectivity index (χ4v) is 7.91. The van der Waals surface area contributed by atoms with E-state index in [1.807, 2.05) is 12.1 Å². The maximum Gasteiger partial charge on any atom is 0.255 e. The van der Waals surface area contributed by atoms with E-state index in [-0.39, 0.29) is 11.7 Å². The molecule has 2 aliphatic carbocycles. The van der Waals surface area contributed by atoms with Crippen LogP contribution in [0.25, 0.3) is 0 Å². The van der Waals surface area contributed by atoms with Crippen molar-refractivity contribution in [2.45, 2.75) is 38.5 Å². The molecular formula is C30H39N5O4S. The Morgan fingerprint density at radius 2 is 1.75 bits per heavy atom. The van der Waals surface area contributed by atoms with Crippen molar-refractivity contribution in [1.29, 1.82) is 0 Å². The number of carbonyl (C=O) groups is 1. The Kier molecular flexibility index (Phi) is 6.19. The number of likely N-dealkylation sites (N-methyl/N-ethyl adjacent to an activating group) is 1. The van der Waals surface area contributed by atoms with Gasteiger partial charge in [-0.25, -0.2) is 8.42 Å². The van der Waals surface area contributed by atoms with Gasteiger partial charge in [-0.3, -0.25) is 9.52 Å². The number of hydrogen-bond acceptors (Lipinski definition) is 7. The molecule has 2 saturated heterocycles. The van der Waals surface area contributed by atoms with Crippen molar-refractivity contribution >= 4 is 44.4 Å². The van der Waals surface area contributed by atoms with Gasteiger partial charge < -0.3 is 25.1 Å². The smallest absolute Gasteiger partial charge is 0.255 e. The molecule has 1 amide bonds. The van der Waals surface area contributed by atoms with Crippen molar-refractivity contribution in [2.75, 3.05) is 76.9 Å². The number of nitrogens with zero attached hydrogens (tertiary/aromatic N) is 3. The quantitative estimate of drug-likeness (QED) is 0.450. The summed E-state index contributed by atoms with van der Waals surface area (Å²) >= 11 is 0. The van der Waals surface area contributed by atoms with Gasteiger partial charge in [-0.05, 0) is 91.7 Å². The van der Waals surface area contributed by atoms with Crippen LogP contribution in [0.1, 0.15) is 48.0 Å². The van der Waals surface area contributed by atoms with Gasteiger partial charge in [0, 0.05) is 45.3 Å². The van der Waals surface area contributed by atoms with E-state index in [1.54, 1.807) is 12.1 Å². The third kappa shape index (κ3) is 4.89. The lowest BCUT2D eigenvalue weighted by atomic mass is 9.93. The first-order valence-electron chi connectivity index (χ1n) is 14.7. The van der Waals surface area contributed by atoms with Gasteiger partial charge in [0.25, 0.3) is 5.91 Å². The van der Waals surface area contributed by atoms with Crippen LogP contribution < -0.4 is 24.7 Å². The average molecular weight is 566 g/mol. The Balaban J connectivity index is 1.18. The number of carbonyl (C=O) groups excluding carboxylic acids is 1. The molecule has 0 radical (unpaired) electrons.